The summed E-state index contributed by atoms with van der Waals surface area (Å²) in [4.78, 5) is 53.8. The van der Waals surface area contributed by atoms with E-state index in [1.54, 1.807) is 18.2 Å². The lowest BCUT2D eigenvalue weighted by molar-refractivity contribution is -0.159. The van der Waals surface area contributed by atoms with Crippen LogP contribution in [0.1, 0.15) is 41.0 Å². The van der Waals surface area contributed by atoms with E-state index >= 15 is 0 Å². The lowest BCUT2D eigenvalue weighted by Gasteiger charge is -2.45. The highest BCUT2D eigenvalue weighted by Gasteiger charge is 2.62. The van der Waals surface area contributed by atoms with E-state index in [-0.39, 0.29) is 23.7 Å². The third kappa shape index (κ3) is 3.77. The summed E-state index contributed by atoms with van der Waals surface area (Å²) in [6.45, 7) is 0.877. The first-order valence-electron chi connectivity index (χ1n) is 12.2. The van der Waals surface area contributed by atoms with Crippen molar-refractivity contribution in [2.45, 2.75) is 24.8 Å². The number of carbonyl (C=O) groups is 4. The van der Waals surface area contributed by atoms with E-state index in [1.165, 1.54) is 6.92 Å². The molecule has 1 N–H and O–H groups in total. The highest BCUT2D eigenvalue weighted by molar-refractivity contribution is 9.10. The molecule has 4 aliphatic rings. The molecule has 9 heteroatoms. The average molecular weight is 594 g/mol. The largest absolute Gasteiger partial charge is 0.454 e. The van der Waals surface area contributed by atoms with Crippen molar-refractivity contribution >= 4 is 56.9 Å². The zero-order valence-electron chi connectivity index (χ0n) is 20.2. The molecule has 1 fully saturated rings. The van der Waals surface area contributed by atoms with Gasteiger partial charge in [0, 0.05) is 16.3 Å². The maximum atomic E-state index is 13.7. The van der Waals surface area contributed by atoms with Gasteiger partial charge in [-0.3, -0.25) is 19.3 Å². The van der Waals surface area contributed by atoms with E-state index in [4.69, 9.17) is 16.3 Å². The summed E-state index contributed by atoms with van der Waals surface area (Å²) in [6, 6.07) is 19.7. The molecule has 7 rings (SSSR count). The molecule has 3 atom stereocenters. The number of imide groups is 1. The molecule has 2 bridgehead atoms. The quantitative estimate of drug-likeness (QED) is 0.337. The van der Waals surface area contributed by atoms with Crippen LogP contribution in [-0.4, -0.2) is 41.2 Å². The maximum Gasteiger partial charge on any atom is 0.329 e. The third-order valence-corrected chi connectivity index (χ3v) is 8.57. The first-order valence-corrected chi connectivity index (χ1v) is 13.4. The van der Waals surface area contributed by atoms with Gasteiger partial charge in [0.1, 0.15) is 6.04 Å². The number of esters is 1. The van der Waals surface area contributed by atoms with Crippen LogP contribution in [-0.2, 0) is 23.9 Å². The predicted octanol–water partition coefficient (Wildman–Crippen LogP) is 4.86. The van der Waals surface area contributed by atoms with Crippen LogP contribution in [0.4, 0.5) is 5.69 Å². The number of nitrogens with zero attached hydrogens (tertiary/aromatic N) is 1. The molecule has 3 aliphatic carbocycles. The molecular formula is C29H22BrClN2O5. The van der Waals surface area contributed by atoms with E-state index < -0.39 is 36.4 Å². The lowest BCUT2D eigenvalue weighted by Crippen LogP contribution is -2.45. The van der Waals surface area contributed by atoms with Crippen LogP contribution in [0.25, 0.3) is 0 Å². The van der Waals surface area contributed by atoms with Crippen LogP contribution < -0.4 is 5.32 Å². The van der Waals surface area contributed by atoms with Crippen LogP contribution >= 0.6 is 27.5 Å². The predicted molar refractivity (Wildman–Crippen MR) is 144 cm³/mol. The Morgan fingerprint density at radius 1 is 0.921 bits per heavy atom. The molecule has 0 saturated carbocycles. The fraction of sp³-hybridized carbons (Fsp3) is 0.241. The lowest BCUT2D eigenvalue weighted by atomic mass is 9.55. The Morgan fingerprint density at radius 2 is 1.42 bits per heavy atom. The fourth-order valence-corrected chi connectivity index (χ4v) is 6.94. The summed E-state index contributed by atoms with van der Waals surface area (Å²) in [7, 11) is 0. The second kappa shape index (κ2) is 9.36. The first-order chi connectivity index (χ1) is 18.3. The minimum atomic E-state index is -1.17. The fourth-order valence-electron chi connectivity index (χ4n) is 6.22. The minimum Gasteiger partial charge on any atom is -0.454 e. The number of benzene rings is 3. The molecule has 0 spiro atoms. The number of amides is 3. The van der Waals surface area contributed by atoms with Crippen LogP contribution in [0.2, 0.25) is 5.02 Å². The van der Waals surface area contributed by atoms with Gasteiger partial charge in [0.15, 0.2) is 6.61 Å². The van der Waals surface area contributed by atoms with Crippen LogP contribution in [0.3, 0.4) is 0 Å². The number of likely N-dealkylation sites (tertiary alicyclic amines) is 1. The van der Waals surface area contributed by atoms with Gasteiger partial charge in [-0.1, -0.05) is 76.1 Å². The molecule has 0 radical (unpaired) electrons. The Balaban J connectivity index is 1.21. The number of rotatable bonds is 5. The van der Waals surface area contributed by atoms with Crippen LogP contribution in [0, 0.1) is 11.8 Å². The Kier molecular flexibility index (Phi) is 6.12. The van der Waals surface area contributed by atoms with Crippen molar-refractivity contribution in [2.75, 3.05) is 11.9 Å². The van der Waals surface area contributed by atoms with Gasteiger partial charge < -0.3 is 10.1 Å². The zero-order valence-corrected chi connectivity index (χ0v) is 22.5. The summed E-state index contributed by atoms with van der Waals surface area (Å²) in [5.74, 6) is -3.88. The number of hydrogen-bond donors (Lipinski definition) is 1. The number of anilines is 1. The molecule has 0 aromatic heterocycles. The molecule has 1 heterocycles. The summed E-state index contributed by atoms with van der Waals surface area (Å²) in [6.07, 6.45) is 0. The molecule has 1 saturated heterocycles. The van der Waals surface area contributed by atoms with Gasteiger partial charge in [0.25, 0.3) is 5.91 Å². The minimum absolute atomic E-state index is 0.261. The van der Waals surface area contributed by atoms with Gasteiger partial charge >= 0.3 is 5.97 Å². The summed E-state index contributed by atoms with van der Waals surface area (Å²) >= 11 is 9.42. The first kappa shape index (κ1) is 24.8. The topological polar surface area (TPSA) is 92.8 Å². The maximum absolute atomic E-state index is 13.7. The van der Waals surface area contributed by atoms with Crippen molar-refractivity contribution in [1.29, 1.82) is 0 Å². The summed E-state index contributed by atoms with van der Waals surface area (Å²) in [5.41, 5.74) is 4.59. The van der Waals surface area contributed by atoms with E-state index in [2.05, 4.69) is 21.2 Å². The van der Waals surface area contributed by atoms with E-state index in [9.17, 15) is 19.2 Å². The second-order valence-corrected chi connectivity index (χ2v) is 11.1. The van der Waals surface area contributed by atoms with E-state index in [0.29, 0.717) is 10.7 Å². The Labute approximate surface area is 232 Å². The highest BCUT2D eigenvalue weighted by atomic mass is 79.9. The average Bonchev–Trinajstić information content (AvgIpc) is 3.18. The standard InChI is InChI=1S/C29H22BrClN2O5/c1-14(29(37)38-13-22(34)32-21-11-10-15(30)12-20(21)31)33-27(35)25-23-16-6-2-3-7-17(16)24(26(25)28(33)36)19-9-5-4-8-18(19)23/h2-12,14,23-26H,13H2,1H3,(H,32,34)/t14-,23?,24?,25-,26+/m1/s1. The van der Waals surface area contributed by atoms with Gasteiger partial charge in [-0.15, -0.1) is 0 Å². The van der Waals surface area contributed by atoms with Gasteiger partial charge in [-0.05, 0) is 47.4 Å². The summed E-state index contributed by atoms with van der Waals surface area (Å²) < 4.78 is 5.96. The number of hydrogen-bond acceptors (Lipinski definition) is 5. The van der Waals surface area contributed by atoms with Gasteiger partial charge in [-0.2, -0.15) is 0 Å². The number of nitrogens with one attached hydrogen (secondary N) is 1. The van der Waals surface area contributed by atoms with E-state index in [1.807, 2.05) is 48.5 Å². The van der Waals surface area contributed by atoms with E-state index in [0.717, 1.165) is 31.6 Å². The van der Waals surface area contributed by atoms with Crippen molar-refractivity contribution < 1.29 is 23.9 Å². The molecular weight excluding hydrogens is 572 g/mol. The SMILES string of the molecule is C[C@H](C(=O)OCC(=O)Nc1ccc(Br)cc1Cl)N1C(=O)[C@@H]2C3c4ccccc4C(c4ccccc43)[C@@H]2C1=O. The Hall–Kier alpha value is -3.49. The molecule has 192 valence electrons. The molecule has 0 unspecified atom stereocenters. The normalized spacial score (nSPS) is 23.4. The van der Waals surface area contributed by atoms with Gasteiger partial charge in [-0.25, -0.2) is 4.79 Å². The number of ether oxygens (including phenoxy) is 1. The van der Waals surface area contributed by atoms with Crippen molar-refractivity contribution in [1.82, 2.24) is 4.90 Å². The molecule has 3 aromatic carbocycles. The van der Waals surface area contributed by atoms with Crippen molar-refractivity contribution in [3.8, 4) is 0 Å². The molecule has 7 nitrogen and oxygen atoms in total. The highest BCUT2D eigenvalue weighted by Crippen LogP contribution is 2.61. The number of carbonyl (C=O) groups excluding carboxylic acids is 4. The second-order valence-electron chi connectivity index (χ2n) is 9.77. The Morgan fingerprint density at radius 3 is 1.89 bits per heavy atom. The molecule has 1 aliphatic heterocycles. The van der Waals surface area contributed by atoms with Gasteiger partial charge in [0.05, 0.1) is 22.5 Å². The third-order valence-electron chi connectivity index (χ3n) is 7.76. The smallest absolute Gasteiger partial charge is 0.329 e. The van der Waals surface area contributed by atoms with Crippen LogP contribution in [0.15, 0.2) is 71.2 Å². The van der Waals surface area contributed by atoms with Crippen molar-refractivity contribution in [2.24, 2.45) is 11.8 Å². The zero-order chi connectivity index (χ0) is 26.7. The Bertz CT molecular complexity index is 1410. The molecule has 38 heavy (non-hydrogen) atoms. The molecule has 3 amide bonds. The van der Waals surface area contributed by atoms with Crippen molar-refractivity contribution in [3.63, 3.8) is 0 Å². The summed E-state index contributed by atoms with van der Waals surface area (Å²) in [5, 5.41) is 2.90. The van der Waals surface area contributed by atoms with Gasteiger partial charge in [0.2, 0.25) is 11.8 Å². The number of halogens is 2. The molecule has 3 aromatic rings. The monoisotopic (exact) mass is 592 g/mol. The van der Waals surface area contributed by atoms with Crippen LogP contribution in [0.5, 0.6) is 0 Å². The van der Waals surface area contributed by atoms with Crippen molar-refractivity contribution in [3.05, 3.63) is 98.5 Å².